The highest BCUT2D eigenvalue weighted by molar-refractivity contribution is 5.92. The molecular formula is C15H18N2O5. The topological polar surface area (TPSA) is 87.2 Å². The Kier molecular flexibility index (Phi) is 4.98. The van der Waals surface area contributed by atoms with Crippen molar-refractivity contribution in [1.29, 1.82) is 0 Å². The first-order valence-electron chi connectivity index (χ1n) is 6.94. The largest absolute Gasteiger partial charge is 0.465 e. The summed E-state index contributed by atoms with van der Waals surface area (Å²) in [5.41, 5.74) is 1.86. The highest BCUT2D eigenvalue weighted by Crippen LogP contribution is 2.22. The number of nitrogens with zero attached hydrogens (tertiary/aromatic N) is 2. The molecule has 118 valence electrons. The van der Waals surface area contributed by atoms with Gasteiger partial charge in [0.2, 0.25) is 0 Å². The quantitative estimate of drug-likeness (QED) is 0.660. The van der Waals surface area contributed by atoms with Crippen LogP contribution >= 0.6 is 0 Å². The lowest BCUT2D eigenvalue weighted by Gasteiger charge is -2.34. The van der Waals surface area contributed by atoms with E-state index in [1.54, 1.807) is 18.2 Å². The van der Waals surface area contributed by atoms with Crippen molar-refractivity contribution in [2.45, 2.75) is 6.42 Å². The Balaban J connectivity index is 2.19. The number of carboxylic acid groups (broad SMARTS) is 1. The van der Waals surface area contributed by atoms with Gasteiger partial charge in [-0.1, -0.05) is 0 Å². The van der Waals surface area contributed by atoms with Crippen LogP contribution in [0.2, 0.25) is 0 Å². The van der Waals surface area contributed by atoms with Crippen molar-refractivity contribution in [3.8, 4) is 0 Å². The smallest absolute Gasteiger partial charge is 0.407 e. The SMILES string of the molecule is COC(=O)c1ccc(N2CCN(C(=O)O)CC2)cc1CC=O. The Bertz CT molecular complexity index is 579. The highest BCUT2D eigenvalue weighted by atomic mass is 16.5. The summed E-state index contributed by atoms with van der Waals surface area (Å²) in [6, 6.07) is 5.22. The van der Waals surface area contributed by atoms with Crippen molar-refractivity contribution in [3.05, 3.63) is 29.3 Å². The molecule has 1 aliphatic heterocycles. The van der Waals surface area contributed by atoms with E-state index >= 15 is 0 Å². The molecule has 0 bridgehead atoms. The maximum Gasteiger partial charge on any atom is 0.407 e. The number of aldehydes is 1. The molecule has 7 heteroatoms. The third kappa shape index (κ3) is 3.36. The molecule has 7 nitrogen and oxygen atoms in total. The number of carbonyl (C=O) groups is 3. The molecule has 1 aliphatic rings. The maximum atomic E-state index is 11.7. The summed E-state index contributed by atoms with van der Waals surface area (Å²) in [5.74, 6) is -0.473. The number of hydrogen-bond acceptors (Lipinski definition) is 5. The zero-order chi connectivity index (χ0) is 16.1. The third-order valence-electron chi connectivity index (χ3n) is 3.71. The van der Waals surface area contributed by atoms with Crippen LogP contribution in [0.5, 0.6) is 0 Å². The average Bonchev–Trinajstić information content (AvgIpc) is 2.54. The van der Waals surface area contributed by atoms with Crippen molar-refractivity contribution in [1.82, 2.24) is 4.90 Å². The van der Waals surface area contributed by atoms with Crippen LogP contribution in [0.3, 0.4) is 0 Å². The predicted molar refractivity (Wildman–Crippen MR) is 79.4 cm³/mol. The molecule has 0 aromatic heterocycles. The number of benzene rings is 1. The van der Waals surface area contributed by atoms with Crippen LogP contribution in [0, 0.1) is 0 Å². The normalized spacial score (nSPS) is 14.6. The molecule has 0 spiro atoms. The number of methoxy groups -OCH3 is 1. The number of anilines is 1. The Hall–Kier alpha value is -2.57. The molecule has 0 saturated carbocycles. The van der Waals surface area contributed by atoms with E-state index in [-0.39, 0.29) is 6.42 Å². The van der Waals surface area contributed by atoms with Crippen LogP contribution < -0.4 is 4.90 Å². The van der Waals surface area contributed by atoms with Crippen molar-refractivity contribution >= 4 is 24.0 Å². The van der Waals surface area contributed by atoms with Crippen LogP contribution in [0.25, 0.3) is 0 Å². The van der Waals surface area contributed by atoms with Crippen molar-refractivity contribution in [2.75, 3.05) is 38.2 Å². The second-order valence-corrected chi connectivity index (χ2v) is 4.96. The number of piperazine rings is 1. The summed E-state index contributed by atoms with van der Waals surface area (Å²) < 4.78 is 4.71. The van der Waals surface area contributed by atoms with Gasteiger partial charge >= 0.3 is 12.1 Å². The second-order valence-electron chi connectivity index (χ2n) is 4.96. The average molecular weight is 306 g/mol. The molecule has 0 unspecified atom stereocenters. The zero-order valence-electron chi connectivity index (χ0n) is 12.3. The fourth-order valence-corrected chi connectivity index (χ4v) is 2.50. The molecule has 1 aromatic rings. The minimum atomic E-state index is -0.915. The number of carbonyl (C=O) groups excluding carboxylic acids is 2. The molecule has 22 heavy (non-hydrogen) atoms. The molecule has 0 radical (unpaired) electrons. The van der Waals surface area contributed by atoms with E-state index in [2.05, 4.69) is 0 Å². The molecule has 1 heterocycles. The van der Waals surface area contributed by atoms with Crippen LogP contribution in [-0.4, -0.2) is 61.6 Å². The van der Waals surface area contributed by atoms with Gasteiger partial charge in [0.05, 0.1) is 12.7 Å². The van der Waals surface area contributed by atoms with Gasteiger partial charge in [0.25, 0.3) is 0 Å². The van der Waals surface area contributed by atoms with Gasteiger partial charge in [0.1, 0.15) is 6.29 Å². The third-order valence-corrected chi connectivity index (χ3v) is 3.71. The fourth-order valence-electron chi connectivity index (χ4n) is 2.50. The standard InChI is InChI=1S/C15H18N2O5/c1-22-14(19)13-3-2-12(10-11(13)4-9-18)16-5-7-17(8-6-16)15(20)21/h2-3,9-10H,4-8H2,1H3,(H,20,21). The van der Waals surface area contributed by atoms with E-state index in [1.807, 2.05) is 4.90 Å². The van der Waals surface area contributed by atoms with Crippen molar-refractivity contribution in [3.63, 3.8) is 0 Å². The second kappa shape index (κ2) is 6.93. The van der Waals surface area contributed by atoms with Gasteiger partial charge in [-0.3, -0.25) is 0 Å². The molecule has 1 saturated heterocycles. The van der Waals surface area contributed by atoms with E-state index < -0.39 is 12.1 Å². The molecule has 0 aliphatic carbocycles. The van der Waals surface area contributed by atoms with Crippen LogP contribution in [0.4, 0.5) is 10.5 Å². The van der Waals surface area contributed by atoms with Gasteiger partial charge < -0.3 is 24.4 Å². The van der Waals surface area contributed by atoms with Gasteiger partial charge in [-0.2, -0.15) is 0 Å². The van der Waals surface area contributed by atoms with E-state index in [0.717, 1.165) is 12.0 Å². The van der Waals surface area contributed by atoms with E-state index in [0.29, 0.717) is 37.3 Å². The van der Waals surface area contributed by atoms with Gasteiger partial charge in [-0.25, -0.2) is 9.59 Å². The minimum absolute atomic E-state index is 0.132. The van der Waals surface area contributed by atoms with E-state index in [4.69, 9.17) is 9.84 Å². The van der Waals surface area contributed by atoms with Crippen LogP contribution in [-0.2, 0) is 16.0 Å². The lowest BCUT2D eigenvalue weighted by atomic mass is 10.0. The Morgan fingerprint density at radius 1 is 1.27 bits per heavy atom. The molecule has 1 amide bonds. The zero-order valence-corrected chi connectivity index (χ0v) is 12.3. The number of rotatable bonds is 4. The number of ether oxygens (including phenoxy) is 1. The van der Waals surface area contributed by atoms with Crippen molar-refractivity contribution in [2.24, 2.45) is 0 Å². The first-order chi connectivity index (χ1) is 10.6. The van der Waals surface area contributed by atoms with Gasteiger partial charge in [0.15, 0.2) is 0 Å². The first-order valence-corrected chi connectivity index (χ1v) is 6.94. The first kappa shape index (κ1) is 15.8. The number of esters is 1. The monoisotopic (exact) mass is 306 g/mol. The van der Waals surface area contributed by atoms with Crippen LogP contribution in [0.15, 0.2) is 18.2 Å². The summed E-state index contributed by atoms with van der Waals surface area (Å²) in [7, 11) is 1.30. The van der Waals surface area contributed by atoms with Gasteiger partial charge in [0, 0.05) is 38.3 Å². The van der Waals surface area contributed by atoms with E-state index in [1.165, 1.54) is 12.0 Å². The van der Waals surface area contributed by atoms with Crippen molar-refractivity contribution < 1.29 is 24.2 Å². The lowest BCUT2D eigenvalue weighted by Crippen LogP contribution is -2.48. The van der Waals surface area contributed by atoms with E-state index in [9.17, 15) is 14.4 Å². The summed E-state index contributed by atoms with van der Waals surface area (Å²) >= 11 is 0. The Morgan fingerprint density at radius 2 is 1.95 bits per heavy atom. The Morgan fingerprint density at radius 3 is 2.50 bits per heavy atom. The minimum Gasteiger partial charge on any atom is -0.465 e. The van der Waals surface area contributed by atoms with Gasteiger partial charge in [-0.15, -0.1) is 0 Å². The van der Waals surface area contributed by atoms with Gasteiger partial charge in [-0.05, 0) is 23.8 Å². The summed E-state index contributed by atoms with van der Waals surface area (Å²) in [5, 5.41) is 8.95. The van der Waals surface area contributed by atoms with Crippen LogP contribution in [0.1, 0.15) is 15.9 Å². The summed E-state index contributed by atoms with van der Waals surface area (Å²) in [4.78, 5) is 36.8. The molecule has 2 rings (SSSR count). The molecule has 1 N–H and O–H groups in total. The summed E-state index contributed by atoms with van der Waals surface area (Å²) in [6.45, 7) is 2.00. The maximum absolute atomic E-state index is 11.7. The molecule has 1 aromatic carbocycles. The molecular weight excluding hydrogens is 288 g/mol. The fraction of sp³-hybridized carbons (Fsp3) is 0.400. The predicted octanol–water partition coefficient (Wildman–Crippen LogP) is 1.01. The lowest BCUT2D eigenvalue weighted by molar-refractivity contribution is -0.107. The summed E-state index contributed by atoms with van der Waals surface area (Å²) in [6.07, 6.45) is -0.0382. The highest BCUT2D eigenvalue weighted by Gasteiger charge is 2.21. The molecule has 1 fully saturated rings. The molecule has 0 atom stereocenters. The Labute approximate surface area is 128 Å². The number of hydrogen-bond donors (Lipinski definition) is 1. The number of amides is 1.